The molecule has 6 saturated heterocycles. The Labute approximate surface area is 237 Å². The number of ether oxygens (including phenoxy) is 4. The van der Waals surface area contributed by atoms with Crippen molar-refractivity contribution in [3.63, 3.8) is 0 Å². The largest absolute Gasteiger partial charge is 0.457 e. The highest BCUT2D eigenvalue weighted by Gasteiger charge is 2.71. The van der Waals surface area contributed by atoms with Crippen LogP contribution in [0.15, 0.2) is 0 Å². The van der Waals surface area contributed by atoms with E-state index in [1.807, 2.05) is 20.8 Å². The summed E-state index contributed by atoms with van der Waals surface area (Å²) < 4.78 is 25.8. The number of piperidine rings is 1. The quantitative estimate of drug-likeness (QED) is 0.352. The topological polar surface area (TPSA) is 133 Å². The summed E-state index contributed by atoms with van der Waals surface area (Å²) in [6.07, 6.45) is 6.55. The maximum atomic E-state index is 14.1. The fraction of sp³-hybridized carbons (Fsp3) is 0.935. The van der Waals surface area contributed by atoms with Gasteiger partial charge in [-0.25, -0.2) is 4.79 Å². The number of aliphatic hydroxyl groups excluding tert-OH is 1. The lowest BCUT2D eigenvalue weighted by molar-refractivity contribution is -0.284. The summed E-state index contributed by atoms with van der Waals surface area (Å²) in [7, 11) is 0. The Bertz CT molecular complexity index is 1010. The molecule has 224 valence electrons. The molecule has 0 radical (unpaired) electrons. The minimum atomic E-state index is -0.861. The molecule has 8 rings (SSSR count). The Balaban J connectivity index is 1.14. The second-order valence-corrected chi connectivity index (χ2v) is 14.7. The normalized spacial score (nSPS) is 53.4. The average molecular weight is 561 g/mol. The number of Topliss-reactive ketones (excluding diaryl/α,β-unsaturated/α-hetero) is 1. The van der Waals surface area contributed by atoms with Crippen molar-refractivity contribution in [2.75, 3.05) is 6.54 Å². The van der Waals surface area contributed by atoms with Crippen molar-refractivity contribution in [1.29, 1.82) is 0 Å². The molecule has 1 spiro atoms. The van der Waals surface area contributed by atoms with E-state index in [-0.39, 0.29) is 60.1 Å². The minimum Gasteiger partial charge on any atom is -0.457 e. The number of hydrogen-bond acceptors (Lipinski definition) is 9. The monoisotopic (exact) mass is 560 g/mol. The molecule has 9 nitrogen and oxygen atoms in total. The van der Waals surface area contributed by atoms with Gasteiger partial charge in [0.25, 0.3) is 0 Å². The summed E-state index contributed by atoms with van der Waals surface area (Å²) >= 11 is 0. The summed E-state index contributed by atoms with van der Waals surface area (Å²) in [5.41, 5.74) is 4.55. The zero-order valence-electron chi connectivity index (χ0n) is 24.3. The number of carbonyl (C=O) groups excluding carboxylic acids is 2. The number of nitrogens with one attached hydrogen (secondary N) is 1. The standard InChI is InChI=1S/C31H48N2O7/c1-15-12-19(34)25-20(37-15)14-21-26(27(25)35)24-17-5-7-18(8-6-17)31(29(36)38-28(24)30(2,3)39-21)22(40-31)9-4-16-10-11-33-23(32)13-16/h15-18,20-28,33,35H,4-14,32H2,1-3H3/t15?,16?,17?,18?,20?,21?,22-,23?,24-,25?,26?,27?,28-,31+/m1/s1. The van der Waals surface area contributed by atoms with E-state index >= 15 is 0 Å². The van der Waals surface area contributed by atoms with Gasteiger partial charge in [0.1, 0.15) is 17.5 Å². The number of esters is 1. The molecule has 4 N–H and O–H groups in total. The van der Waals surface area contributed by atoms with E-state index in [2.05, 4.69) is 5.32 Å². The summed E-state index contributed by atoms with van der Waals surface area (Å²) in [6, 6.07) is 0. The molecule has 0 aromatic heterocycles. The van der Waals surface area contributed by atoms with Crippen LogP contribution in [0.3, 0.4) is 0 Å². The van der Waals surface area contributed by atoms with Crippen molar-refractivity contribution >= 4 is 11.8 Å². The van der Waals surface area contributed by atoms with E-state index in [9.17, 15) is 14.7 Å². The number of carbonyl (C=O) groups is 2. The van der Waals surface area contributed by atoms with Gasteiger partial charge in [-0.15, -0.1) is 0 Å². The molecule has 9 heteroatoms. The van der Waals surface area contributed by atoms with Crippen LogP contribution in [-0.2, 0) is 28.5 Å². The SMILES string of the molecule is CC1CC(=O)C2C(CC3OC(C)(C)[C@@H]4OC(=O)[C@]5(O[C@@H]5CCC5CCNC(N)C5)C5CCC(CC5)[C@@H]4C3C2O)O1. The van der Waals surface area contributed by atoms with Crippen LogP contribution in [0.2, 0.25) is 0 Å². The van der Waals surface area contributed by atoms with Crippen LogP contribution in [-0.4, -0.2) is 77.4 Å². The predicted octanol–water partition coefficient (Wildman–Crippen LogP) is 2.46. The summed E-state index contributed by atoms with van der Waals surface area (Å²) in [6.45, 7) is 6.91. The first-order valence-electron chi connectivity index (χ1n) is 16.0. The van der Waals surface area contributed by atoms with E-state index < -0.39 is 29.3 Å². The number of rotatable bonds is 3. The Kier molecular flexibility index (Phi) is 6.92. The lowest BCUT2D eigenvalue weighted by Gasteiger charge is -2.58. The Morgan fingerprint density at radius 2 is 1.77 bits per heavy atom. The van der Waals surface area contributed by atoms with Crippen LogP contribution in [0.4, 0.5) is 0 Å². The molecular formula is C31H48N2O7. The average Bonchev–Trinajstić information content (AvgIpc) is 3.61. The fourth-order valence-corrected chi connectivity index (χ4v) is 10.0. The molecule has 2 saturated carbocycles. The molecule has 8 fully saturated rings. The number of fused-ring (bicyclic) bond motifs is 5. The summed E-state index contributed by atoms with van der Waals surface area (Å²) in [4.78, 5) is 27.3. The van der Waals surface area contributed by atoms with Gasteiger partial charge in [0.2, 0.25) is 0 Å². The lowest BCUT2D eigenvalue weighted by Crippen LogP contribution is -2.68. The molecule has 6 heterocycles. The van der Waals surface area contributed by atoms with Crippen LogP contribution in [0.1, 0.15) is 85.0 Å². The van der Waals surface area contributed by atoms with Gasteiger partial charge < -0.3 is 35.1 Å². The van der Waals surface area contributed by atoms with E-state index in [1.165, 1.54) is 0 Å². The second-order valence-electron chi connectivity index (χ2n) is 14.7. The van der Waals surface area contributed by atoms with Crippen molar-refractivity contribution in [2.45, 2.75) is 139 Å². The van der Waals surface area contributed by atoms with E-state index in [0.717, 1.165) is 57.9 Å². The van der Waals surface area contributed by atoms with Crippen LogP contribution in [0.5, 0.6) is 0 Å². The molecule has 2 aliphatic carbocycles. The van der Waals surface area contributed by atoms with Crippen molar-refractivity contribution < 1.29 is 33.6 Å². The second kappa shape index (κ2) is 9.98. The molecule has 8 unspecified atom stereocenters. The Morgan fingerprint density at radius 3 is 2.52 bits per heavy atom. The van der Waals surface area contributed by atoms with Crippen molar-refractivity contribution in [1.82, 2.24) is 5.32 Å². The molecule has 0 amide bonds. The Hall–Kier alpha value is -1.10. The van der Waals surface area contributed by atoms with E-state index in [0.29, 0.717) is 24.7 Å². The lowest BCUT2D eigenvalue weighted by atomic mass is 9.57. The van der Waals surface area contributed by atoms with Crippen LogP contribution in [0.25, 0.3) is 0 Å². The van der Waals surface area contributed by atoms with Gasteiger partial charge in [-0.3, -0.25) is 4.79 Å². The third-order valence-electron chi connectivity index (χ3n) is 11.9. The maximum Gasteiger partial charge on any atom is 0.341 e. The molecular weight excluding hydrogens is 512 g/mol. The number of nitrogens with two attached hydrogens (primary N) is 1. The van der Waals surface area contributed by atoms with Crippen LogP contribution < -0.4 is 11.1 Å². The Morgan fingerprint density at radius 1 is 1.00 bits per heavy atom. The maximum absolute atomic E-state index is 14.1. The van der Waals surface area contributed by atoms with Crippen LogP contribution in [0, 0.1) is 35.5 Å². The van der Waals surface area contributed by atoms with Gasteiger partial charge >= 0.3 is 5.97 Å². The van der Waals surface area contributed by atoms with Gasteiger partial charge in [-0.1, -0.05) is 0 Å². The molecule has 6 aliphatic heterocycles. The molecule has 2 bridgehead atoms. The van der Waals surface area contributed by atoms with E-state index in [4.69, 9.17) is 24.7 Å². The van der Waals surface area contributed by atoms with Crippen molar-refractivity contribution in [3.05, 3.63) is 0 Å². The highest BCUT2D eigenvalue weighted by Crippen LogP contribution is 2.59. The first-order chi connectivity index (χ1) is 19.1. The number of aliphatic hydroxyl groups is 1. The third-order valence-corrected chi connectivity index (χ3v) is 11.9. The molecule has 40 heavy (non-hydrogen) atoms. The number of hydrogen-bond donors (Lipinski definition) is 3. The van der Waals surface area contributed by atoms with Gasteiger partial charge in [0, 0.05) is 30.6 Å². The number of epoxide rings is 1. The molecule has 0 aromatic carbocycles. The molecule has 0 aromatic rings. The van der Waals surface area contributed by atoms with Crippen LogP contribution >= 0.6 is 0 Å². The van der Waals surface area contributed by atoms with Gasteiger partial charge in [-0.05, 0) is 90.5 Å². The molecule has 8 aliphatic rings. The van der Waals surface area contributed by atoms with Crippen molar-refractivity contribution in [2.24, 2.45) is 41.2 Å². The van der Waals surface area contributed by atoms with E-state index in [1.54, 1.807) is 0 Å². The zero-order chi connectivity index (χ0) is 28.0. The first kappa shape index (κ1) is 27.7. The van der Waals surface area contributed by atoms with Gasteiger partial charge in [-0.2, -0.15) is 0 Å². The highest BCUT2D eigenvalue weighted by molar-refractivity contribution is 5.85. The zero-order valence-corrected chi connectivity index (χ0v) is 24.3. The van der Waals surface area contributed by atoms with Gasteiger partial charge in [0.05, 0.1) is 42.6 Å². The smallest absolute Gasteiger partial charge is 0.341 e. The third kappa shape index (κ3) is 4.41. The summed E-state index contributed by atoms with van der Waals surface area (Å²) in [5.74, 6) is -0.000145. The fourth-order valence-electron chi connectivity index (χ4n) is 10.0. The summed E-state index contributed by atoms with van der Waals surface area (Å²) in [5, 5.41) is 15.1. The minimum absolute atomic E-state index is 0.0524. The highest BCUT2D eigenvalue weighted by atomic mass is 16.7. The first-order valence-corrected chi connectivity index (χ1v) is 16.0. The van der Waals surface area contributed by atoms with Gasteiger partial charge in [0.15, 0.2) is 5.60 Å². The van der Waals surface area contributed by atoms with Crippen molar-refractivity contribution in [3.8, 4) is 0 Å². The predicted molar refractivity (Wildman–Crippen MR) is 145 cm³/mol. The number of ketones is 1. The molecule has 12 atom stereocenters.